The van der Waals surface area contributed by atoms with Crippen LogP contribution >= 0.6 is 0 Å². The number of furan rings is 1. The minimum Gasteiger partial charge on any atom is -0.467 e. The van der Waals surface area contributed by atoms with Crippen LogP contribution in [0.5, 0.6) is 5.88 Å². The molecule has 1 N–H and O–H groups in total. The van der Waals surface area contributed by atoms with E-state index < -0.39 is 6.43 Å². The molecular formula is C25H25F2N5O3. The fourth-order valence-corrected chi connectivity index (χ4v) is 4.65. The Labute approximate surface area is 200 Å². The van der Waals surface area contributed by atoms with Gasteiger partial charge in [0.25, 0.3) is 12.3 Å². The van der Waals surface area contributed by atoms with Crippen LogP contribution in [-0.4, -0.2) is 32.3 Å². The third-order valence-corrected chi connectivity index (χ3v) is 6.21. The molecule has 0 aromatic carbocycles. The number of halogens is 2. The van der Waals surface area contributed by atoms with Crippen molar-refractivity contribution in [3.63, 3.8) is 0 Å². The predicted molar refractivity (Wildman–Crippen MR) is 124 cm³/mol. The third-order valence-electron chi connectivity index (χ3n) is 6.21. The van der Waals surface area contributed by atoms with Crippen LogP contribution < -0.4 is 10.1 Å². The Morgan fingerprint density at radius 2 is 2.06 bits per heavy atom. The van der Waals surface area contributed by atoms with Gasteiger partial charge in [-0.05, 0) is 51.3 Å². The summed E-state index contributed by atoms with van der Waals surface area (Å²) >= 11 is 0. The number of alkyl halides is 2. The first-order chi connectivity index (χ1) is 16.7. The number of amides is 1. The van der Waals surface area contributed by atoms with Crippen molar-refractivity contribution in [3.8, 4) is 17.1 Å². The number of nitrogens with zero attached hydrogens (tertiary/aromatic N) is 4. The summed E-state index contributed by atoms with van der Waals surface area (Å²) in [6.07, 6.45) is -1.25. The molecule has 4 aromatic rings. The summed E-state index contributed by atoms with van der Waals surface area (Å²) in [5.41, 5.74) is 3.89. The van der Waals surface area contributed by atoms with Crippen molar-refractivity contribution < 1.29 is 22.7 Å². The molecule has 0 unspecified atom stereocenters. The zero-order chi connectivity index (χ0) is 24.9. The average molecular weight is 482 g/mol. The number of hydrogen-bond acceptors (Lipinski definition) is 6. The second-order valence-electron chi connectivity index (χ2n) is 8.78. The van der Waals surface area contributed by atoms with Gasteiger partial charge in [-0.1, -0.05) is 6.07 Å². The van der Waals surface area contributed by atoms with Gasteiger partial charge in [-0.3, -0.25) is 9.78 Å². The molecule has 1 aliphatic rings. The van der Waals surface area contributed by atoms with Gasteiger partial charge >= 0.3 is 0 Å². The van der Waals surface area contributed by atoms with E-state index in [4.69, 9.17) is 9.15 Å². The van der Waals surface area contributed by atoms with Crippen LogP contribution in [0.3, 0.4) is 0 Å². The maximum Gasteiger partial charge on any atom is 0.264 e. The standard InChI is InChI=1S/C25H25F2N5O3/c1-12-5-6-15-18(28-12)7-8-19(15)29-20(33)11-34-21-10-17(24(26)27)22-23(31-32(4)25(22)30-21)16-9-13(2)35-14(16)3/h5-6,9-10,19,24H,7-8,11H2,1-4H3,(H,29,33)/t19-/m0/s1. The van der Waals surface area contributed by atoms with Gasteiger partial charge in [-0.15, -0.1) is 0 Å². The molecule has 0 bridgehead atoms. The molecule has 0 saturated heterocycles. The summed E-state index contributed by atoms with van der Waals surface area (Å²) in [4.78, 5) is 21.5. The minimum absolute atomic E-state index is 0.0679. The number of aromatic nitrogens is 4. The third kappa shape index (κ3) is 4.24. The lowest BCUT2D eigenvalue weighted by Gasteiger charge is -2.14. The van der Waals surface area contributed by atoms with Gasteiger partial charge in [0.05, 0.1) is 11.4 Å². The van der Waals surface area contributed by atoms with E-state index in [0.717, 1.165) is 29.8 Å². The maximum absolute atomic E-state index is 14.1. The van der Waals surface area contributed by atoms with Crippen LogP contribution in [0.2, 0.25) is 0 Å². The number of pyridine rings is 2. The molecule has 0 spiro atoms. The van der Waals surface area contributed by atoms with Gasteiger partial charge in [0.1, 0.15) is 17.2 Å². The molecule has 0 radical (unpaired) electrons. The van der Waals surface area contributed by atoms with Gasteiger partial charge in [0.2, 0.25) is 5.88 Å². The molecule has 0 fully saturated rings. The summed E-state index contributed by atoms with van der Waals surface area (Å²) in [5.74, 6) is 0.809. The van der Waals surface area contributed by atoms with Crippen molar-refractivity contribution in [2.45, 2.75) is 46.1 Å². The Morgan fingerprint density at radius 1 is 1.26 bits per heavy atom. The molecule has 0 saturated carbocycles. The van der Waals surface area contributed by atoms with Crippen molar-refractivity contribution >= 4 is 16.9 Å². The SMILES string of the molecule is Cc1ccc2c(n1)CC[C@@H]2NC(=O)COc1cc(C(F)F)c2c(-c3cc(C)oc3C)nn(C)c2n1. The number of aryl methyl sites for hydroxylation is 5. The number of ether oxygens (including phenoxy) is 1. The lowest BCUT2D eigenvalue weighted by molar-refractivity contribution is -0.123. The van der Waals surface area contributed by atoms with Crippen LogP contribution in [-0.2, 0) is 18.3 Å². The van der Waals surface area contributed by atoms with E-state index in [1.165, 1.54) is 10.7 Å². The molecule has 182 valence electrons. The fourth-order valence-electron chi connectivity index (χ4n) is 4.65. The van der Waals surface area contributed by atoms with E-state index in [9.17, 15) is 13.6 Å². The first kappa shape index (κ1) is 22.9. The first-order valence-electron chi connectivity index (χ1n) is 11.3. The Balaban J connectivity index is 1.38. The molecule has 4 heterocycles. The van der Waals surface area contributed by atoms with Gasteiger partial charge in [-0.25, -0.2) is 13.5 Å². The highest BCUT2D eigenvalue weighted by Gasteiger charge is 2.27. The lowest BCUT2D eigenvalue weighted by atomic mass is 10.1. The van der Waals surface area contributed by atoms with E-state index >= 15 is 0 Å². The van der Waals surface area contributed by atoms with Gasteiger partial charge in [0.15, 0.2) is 12.3 Å². The van der Waals surface area contributed by atoms with E-state index in [1.54, 1.807) is 27.0 Å². The molecule has 8 nitrogen and oxygen atoms in total. The van der Waals surface area contributed by atoms with Crippen LogP contribution in [0, 0.1) is 20.8 Å². The number of rotatable bonds is 6. The highest BCUT2D eigenvalue weighted by molar-refractivity contribution is 5.95. The Kier molecular flexibility index (Phi) is 5.74. The first-order valence-corrected chi connectivity index (χ1v) is 11.3. The number of nitrogens with one attached hydrogen (secondary N) is 1. The Morgan fingerprint density at radius 3 is 2.77 bits per heavy atom. The highest BCUT2D eigenvalue weighted by Crippen LogP contribution is 2.38. The van der Waals surface area contributed by atoms with Crippen LogP contribution in [0.1, 0.15) is 52.9 Å². The molecule has 10 heteroatoms. The lowest BCUT2D eigenvalue weighted by Crippen LogP contribution is -2.31. The minimum atomic E-state index is -2.79. The summed E-state index contributed by atoms with van der Waals surface area (Å²) < 4.78 is 40.7. The predicted octanol–water partition coefficient (Wildman–Crippen LogP) is 4.67. The monoisotopic (exact) mass is 481 g/mol. The molecule has 4 aromatic heterocycles. The Hall–Kier alpha value is -3.82. The normalized spacial score (nSPS) is 15.1. The summed E-state index contributed by atoms with van der Waals surface area (Å²) in [5, 5.41) is 7.60. The van der Waals surface area contributed by atoms with Crippen molar-refractivity contribution in [3.05, 3.63) is 58.3 Å². The molecule has 5 rings (SSSR count). The number of hydrogen-bond donors (Lipinski definition) is 1. The molecular weight excluding hydrogens is 456 g/mol. The molecule has 0 aliphatic heterocycles. The smallest absolute Gasteiger partial charge is 0.264 e. The summed E-state index contributed by atoms with van der Waals surface area (Å²) in [7, 11) is 1.63. The van der Waals surface area contributed by atoms with Gasteiger partial charge in [-0.2, -0.15) is 10.1 Å². The van der Waals surface area contributed by atoms with Crippen LogP contribution in [0.4, 0.5) is 8.78 Å². The van der Waals surface area contributed by atoms with Gasteiger partial charge in [0, 0.05) is 35.6 Å². The van der Waals surface area contributed by atoms with E-state index in [0.29, 0.717) is 22.8 Å². The molecule has 1 atom stereocenters. The van der Waals surface area contributed by atoms with Gasteiger partial charge < -0.3 is 14.5 Å². The van der Waals surface area contributed by atoms with E-state index in [-0.39, 0.29) is 41.0 Å². The van der Waals surface area contributed by atoms with Crippen LogP contribution in [0.25, 0.3) is 22.3 Å². The van der Waals surface area contributed by atoms with Crippen molar-refractivity contribution in [2.24, 2.45) is 7.05 Å². The van der Waals surface area contributed by atoms with Crippen molar-refractivity contribution in [2.75, 3.05) is 6.61 Å². The van der Waals surface area contributed by atoms with E-state index in [1.807, 2.05) is 19.1 Å². The fraction of sp³-hybridized carbons (Fsp3) is 0.360. The summed E-state index contributed by atoms with van der Waals surface area (Å²) in [6, 6.07) is 6.68. The molecule has 1 aliphatic carbocycles. The zero-order valence-corrected chi connectivity index (χ0v) is 19.9. The maximum atomic E-state index is 14.1. The molecule has 1 amide bonds. The second-order valence-corrected chi connectivity index (χ2v) is 8.78. The summed E-state index contributed by atoms with van der Waals surface area (Å²) in [6.45, 7) is 5.12. The Bertz CT molecular complexity index is 1440. The second kappa shape index (κ2) is 8.75. The van der Waals surface area contributed by atoms with Crippen LogP contribution in [0.15, 0.2) is 28.7 Å². The van der Waals surface area contributed by atoms with Crippen molar-refractivity contribution in [1.82, 2.24) is 25.1 Å². The number of carbonyl (C=O) groups is 1. The quantitative estimate of drug-likeness (QED) is 0.430. The largest absolute Gasteiger partial charge is 0.467 e. The average Bonchev–Trinajstić information content (AvgIpc) is 3.46. The van der Waals surface area contributed by atoms with Crippen molar-refractivity contribution in [1.29, 1.82) is 0 Å². The topological polar surface area (TPSA) is 95.1 Å². The molecule has 35 heavy (non-hydrogen) atoms. The highest BCUT2D eigenvalue weighted by atomic mass is 19.3. The van der Waals surface area contributed by atoms with E-state index in [2.05, 4.69) is 20.4 Å². The zero-order valence-electron chi connectivity index (χ0n) is 19.9. The number of carbonyl (C=O) groups excluding carboxylic acids is 1. The number of fused-ring (bicyclic) bond motifs is 2.